The maximum absolute atomic E-state index is 12.5. The van der Waals surface area contributed by atoms with Crippen LogP contribution in [-0.4, -0.2) is 31.6 Å². The van der Waals surface area contributed by atoms with Gasteiger partial charge in [-0.1, -0.05) is 13.1 Å². The van der Waals surface area contributed by atoms with Crippen LogP contribution in [0.3, 0.4) is 0 Å². The second-order valence-corrected chi connectivity index (χ2v) is 11.5. The minimum absolute atomic E-state index is 0.553. The van der Waals surface area contributed by atoms with Crippen molar-refractivity contribution in [2.75, 3.05) is 0 Å². The predicted octanol–water partition coefficient (Wildman–Crippen LogP) is 2.46. The van der Waals surface area contributed by atoms with Crippen LogP contribution in [-0.2, 0) is 10.1 Å². The highest BCUT2D eigenvalue weighted by molar-refractivity contribution is 7.87. The monoisotopic (exact) mass is 264 g/mol. The van der Waals surface area contributed by atoms with E-state index in [1.807, 2.05) is 0 Å². The highest BCUT2D eigenvalue weighted by Gasteiger charge is 2.54. The summed E-state index contributed by atoms with van der Waals surface area (Å²) in [6.45, 7) is 4.28. The highest BCUT2D eigenvalue weighted by atomic mass is 32.2. The molecule has 1 N–H and O–H groups in total. The van der Waals surface area contributed by atoms with Gasteiger partial charge in [-0.05, 0) is 19.9 Å². The summed E-state index contributed by atoms with van der Waals surface area (Å²) < 4.78 is 66.4. The van der Waals surface area contributed by atoms with Crippen LogP contribution in [0.25, 0.3) is 0 Å². The van der Waals surface area contributed by atoms with Gasteiger partial charge in [0.15, 0.2) is 8.07 Å². The van der Waals surface area contributed by atoms with Crippen molar-refractivity contribution in [3.8, 4) is 0 Å². The standard InChI is InChI=1S/C7H15F3O3SSi/c1-6(2,14(11,12)13)5-15(3,4)7(8,9)10/h5H2,1-4H3,(H,11,12,13). The van der Waals surface area contributed by atoms with Gasteiger partial charge in [-0.25, -0.2) is 0 Å². The molecule has 92 valence electrons. The molecule has 0 fully saturated rings. The molecular weight excluding hydrogens is 249 g/mol. The Hall–Kier alpha value is -0.0831. The summed E-state index contributed by atoms with van der Waals surface area (Å²) in [5, 5.41) is 0. The van der Waals surface area contributed by atoms with Gasteiger partial charge in [-0.2, -0.15) is 21.6 Å². The molecule has 0 rings (SSSR count). The van der Waals surface area contributed by atoms with Crippen LogP contribution in [0.4, 0.5) is 13.2 Å². The van der Waals surface area contributed by atoms with E-state index in [2.05, 4.69) is 0 Å². The van der Waals surface area contributed by atoms with Crippen LogP contribution >= 0.6 is 0 Å². The lowest BCUT2D eigenvalue weighted by Gasteiger charge is -2.32. The normalized spacial score (nSPS) is 15.5. The molecule has 0 atom stereocenters. The van der Waals surface area contributed by atoms with Gasteiger partial charge in [-0.15, -0.1) is 0 Å². The molecule has 0 aromatic carbocycles. The fourth-order valence-corrected chi connectivity index (χ4v) is 5.40. The van der Waals surface area contributed by atoms with Crippen molar-refractivity contribution in [1.82, 2.24) is 0 Å². The summed E-state index contributed by atoms with van der Waals surface area (Å²) in [6, 6.07) is -0.553. The molecule has 15 heavy (non-hydrogen) atoms. The van der Waals surface area contributed by atoms with Gasteiger partial charge >= 0.3 is 5.80 Å². The molecule has 0 aromatic heterocycles. The highest BCUT2D eigenvalue weighted by Crippen LogP contribution is 2.37. The van der Waals surface area contributed by atoms with Crippen molar-refractivity contribution in [3.05, 3.63) is 0 Å². The van der Waals surface area contributed by atoms with Crippen molar-refractivity contribution in [2.45, 2.75) is 43.5 Å². The summed E-state index contributed by atoms with van der Waals surface area (Å²) in [5.74, 6) is -4.37. The van der Waals surface area contributed by atoms with E-state index in [0.29, 0.717) is 0 Å². The molecule has 0 heterocycles. The number of hydrogen-bond acceptors (Lipinski definition) is 2. The fraction of sp³-hybridized carbons (Fsp3) is 1.00. The minimum atomic E-state index is -4.46. The maximum atomic E-state index is 12.5. The summed E-state index contributed by atoms with van der Waals surface area (Å²) in [4.78, 5) is 0. The molecule has 0 saturated heterocycles. The molecule has 0 aliphatic rings. The second-order valence-electron chi connectivity index (χ2n) is 4.79. The lowest BCUT2D eigenvalue weighted by atomic mass is 10.2. The van der Waals surface area contributed by atoms with Crippen LogP contribution < -0.4 is 0 Å². The van der Waals surface area contributed by atoms with Crippen LogP contribution in [0.2, 0.25) is 19.1 Å². The Morgan fingerprint density at radius 1 is 1.20 bits per heavy atom. The third-order valence-electron chi connectivity index (χ3n) is 2.33. The zero-order valence-corrected chi connectivity index (χ0v) is 10.8. The van der Waals surface area contributed by atoms with Gasteiger partial charge < -0.3 is 0 Å². The van der Waals surface area contributed by atoms with Gasteiger partial charge in [0.2, 0.25) is 0 Å². The van der Waals surface area contributed by atoms with E-state index in [-0.39, 0.29) is 0 Å². The van der Waals surface area contributed by atoms with E-state index < -0.39 is 34.8 Å². The molecule has 0 unspecified atom stereocenters. The Bertz CT molecular complexity index is 332. The first-order valence-electron chi connectivity index (χ1n) is 4.24. The lowest BCUT2D eigenvalue weighted by molar-refractivity contribution is -0.0565. The Kier molecular flexibility index (Phi) is 3.72. The first kappa shape index (κ1) is 14.9. The van der Waals surface area contributed by atoms with Crippen LogP contribution in [0.5, 0.6) is 0 Å². The molecule has 0 amide bonds. The fourth-order valence-electron chi connectivity index (χ4n) is 1.26. The zero-order chi connectivity index (χ0) is 12.7. The van der Waals surface area contributed by atoms with Crippen LogP contribution in [0.15, 0.2) is 0 Å². The van der Waals surface area contributed by atoms with Crippen molar-refractivity contribution < 1.29 is 26.1 Å². The molecule has 0 spiro atoms. The number of rotatable bonds is 3. The Balaban J connectivity index is 5.07. The van der Waals surface area contributed by atoms with E-state index >= 15 is 0 Å². The number of hydrogen-bond donors (Lipinski definition) is 1. The van der Waals surface area contributed by atoms with Crippen molar-refractivity contribution in [1.29, 1.82) is 0 Å². The minimum Gasteiger partial charge on any atom is -0.285 e. The SMILES string of the molecule is CC(C)(C[Si](C)(C)C(F)(F)F)S(=O)(=O)O. The molecule has 0 saturated carbocycles. The van der Waals surface area contributed by atoms with Gasteiger partial charge in [0.1, 0.15) is 0 Å². The maximum Gasteiger partial charge on any atom is 0.361 e. The predicted molar refractivity (Wildman–Crippen MR) is 54.0 cm³/mol. The van der Waals surface area contributed by atoms with E-state index in [0.717, 1.165) is 26.9 Å². The van der Waals surface area contributed by atoms with Gasteiger partial charge in [0.05, 0.1) is 4.75 Å². The average molecular weight is 264 g/mol. The molecule has 0 aliphatic heterocycles. The molecule has 0 aliphatic carbocycles. The van der Waals surface area contributed by atoms with Crippen molar-refractivity contribution >= 4 is 18.2 Å². The van der Waals surface area contributed by atoms with Crippen LogP contribution in [0.1, 0.15) is 13.8 Å². The Morgan fingerprint density at radius 3 is 1.73 bits per heavy atom. The number of halogens is 3. The molecule has 0 bridgehead atoms. The third kappa shape index (κ3) is 3.46. The molecule has 3 nitrogen and oxygen atoms in total. The third-order valence-corrected chi connectivity index (χ3v) is 7.43. The molecule has 8 heteroatoms. The number of alkyl halides is 3. The van der Waals surface area contributed by atoms with Crippen molar-refractivity contribution in [2.24, 2.45) is 0 Å². The molecule has 0 aromatic rings. The average Bonchev–Trinajstić information content (AvgIpc) is 1.77. The molecule has 0 radical (unpaired) electrons. The quantitative estimate of drug-likeness (QED) is 0.629. The Labute approximate surface area is 88.4 Å². The van der Waals surface area contributed by atoms with Crippen LogP contribution in [0, 0.1) is 0 Å². The van der Waals surface area contributed by atoms with Crippen molar-refractivity contribution in [3.63, 3.8) is 0 Å². The smallest absolute Gasteiger partial charge is 0.285 e. The van der Waals surface area contributed by atoms with Gasteiger partial charge in [0, 0.05) is 0 Å². The summed E-state index contributed by atoms with van der Waals surface area (Å²) in [5.41, 5.74) is 0. The topological polar surface area (TPSA) is 54.4 Å². The van der Waals surface area contributed by atoms with E-state index in [9.17, 15) is 21.6 Å². The van der Waals surface area contributed by atoms with Gasteiger partial charge in [-0.3, -0.25) is 4.55 Å². The zero-order valence-electron chi connectivity index (χ0n) is 9.01. The lowest BCUT2D eigenvalue weighted by Crippen LogP contribution is -2.51. The second kappa shape index (κ2) is 3.74. The van der Waals surface area contributed by atoms with E-state index in [1.165, 1.54) is 0 Å². The summed E-state index contributed by atoms with van der Waals surface area (Å²) in [7, 11) is -8.15. The summed E-state index contributed by atoms with van der Waals surface area (Å²) >= 11 is 0. The first-order chi connectivity index (χ1) is 6.21. The first-order valence-corrected chi connectivity index (χ1v) is 8.89. The van der Waals surface area contributed by atoms with Gasteiger partial charge in [0.25, 0.3) is 10.1 Å². The Morgan fingerprint density at radius 2 is 1.53 bits per heavy atom. The molecular formula is C7H15F3O3SSi. The van der Waals surface area contributed by atoms with E-state index in [1.54, 1.807) is 0 Å². The van der Waals surface area contributed by atoms with E-state index in [4.69, 9.17) is 4.55 Å². The largest absolute Gasteiger partial charge is 0.361 e. The summed E-state index contributed by atoms with van der Waals surface area (Å²) in [6.07, 6.45) is 0.